The fourth-order valence-corrected chi connectivity index (χ4v) is 6.91. The number of pyridine rings is 3. The second-order valence-electron chi connectivity index (χ2n) is 12.8. The molecule has 5 aromatic carbocycles. The van der Waals surface area contributed by atoms with E-state index < -0.39 is 0 Å². The summed E-state index contributed by atoms with van der Waals surface area (Å²) < 4.78 is 6.28. The number of para-hydroxylation sites is 1. The Labute approximate surface area is 317 Å². The van der Waals surface area contributed by atoms with Gasteiger partial charge in [0, 0.05) is 48.8 Å². The van der Waals surface area contributed by atoms with Crippen molar-refractivity contribution in [1.82, 2.24) is 15.0 Å². The molecular formula is C47H35IrN3O-2. The molecule has 0 aliphatic rings. The SMILES string of the molecule is Cc1cnc(-c2[c-]ccc3c2oc2ccccc23)cc1-c1ccc2nc(-c3c(C)cccc3C)ccc2c1C.[Ir].[c-]1ccccc1-c1ccccn1. The first-order valence-electron chi connectivity index (χ1n) is 17.1. The smallest absolute Gasteiger partial charge is 0.120 e. The molecule has 0 bridgehead atoms. The first-order chi connectivity index (χ1) is 25.0. The average Bonchev–Trinajstić information content (AvgIpc) is 3.56. The van der Waals surface area contributed by atoms with E-state index in [1.165, 1.54) is 27.8 Å². The molecule has 1 radical (unpaired) electrons. The maximum atomic E-state index is 6.28. The van der Waals surface area contributed by atoms with Crippen molar-refractivity contribution in [2.24, 2.45) is 0 Å². The molecule has 0 atom stereocenters. The Kier molecular flexibility index (Phi) is 9.91. The third kappa shape index (κ3) is 6.57. The van der Waals surface area contributed by atoms with E-state index in [1.807, 2.05) is 72.9 Å². The van der Waals surface area contributed by atoms with Crippen LogP contribution in [0.15, 0.2) is 144 Å². The van der Waals surface area contributed by atoms with E-state index >= 15 is 0 Å². The summed E-state index contributed by atoms with van der Waals surface area (Å²) in [6.07, 6.45) is 3.74. The number of aryl methyl sites for hydroxylation is 4. The van der Waals surface area contributed by atoms with Crippen molar-refractivity contribution in [2.75, 3.05) is 0 Å². The maximum absolute atomic E-state index is 6.28. The van der Waals surface area contributed by atoms with Crippen molar-refractivity contribution in [3.63, 3.8) is 0 Å². The van der Waals surface area contributed by atoms with Crippen molar-refractivity contribution >= 4 is 32.8 Å². The number of hydrogen-bond donors (Lipinski definition) is 0. The standard InChI is InChI=1S/C36H27N2O.C11H8N.Ir/c1-21-9-7-10-22(2)35(21)32-18-16-26-24(4)25(15-17-31(26)38-32)30-19-33(37-20-23(30)3)29-13-8-12-28-27-11-5-6-14-34(27)39-36(28)29;1-2-6-10(7-3-1)11-8-4-5-9-12-11;/h5-12,14-20H,1-4H3;1-6,8-9H;/q2*-1;. The minimum Gasteiger partial charge on any atom is -0.501 e. The predicted octanol–water partition coefficient (Wildman–Crippen LogP) is 12.1. The topological polar surface area (TPSA) is 51.8 Å². The van der Waals surface area contributed by atoms with Crippen LogP contribution in [-0.4, -0.2) is 15.0 Å². The molecule has 255 valence electrons. The van der Waals surface area contributed by atoms with Gasteiger partial charge >= 0.3 is 0 Å². The third-order valence-electron chi connectivity index (χ3n) is 9.52. The number of rotatable bonds is 4. The van der Waals surface area contributed by atoms with Crippen LogP contribution in [0.2, 0.25) is 0 Å². The molecule has 0 fully saturated rings. The van der Waals surface area contributed by atoms with Crippen LogP contribution in [0, 0.1) is 39.8 Å². The zero-order valence-electron chi connectivity index (χ0n) is 29.4. The molecule has 4 heterocycles. The Balaban J connectivity index is 0.000000275. The van der Waals surface area contributed by atoms with Crippen molar-refractivity contribution in [1.29, 1.82) is 0 Å². The van der Waals surface area contributed by atoms with E-state index in [9.17, 15) is 0 Å². The Morgan fingerprint density at radius 2 is 1.37 bits per heavy atom. The minimum atomic E-state index is 0. The summed E-state index contributed by atoms with van der Waals surface area (Å²) in [5, 5.41) is 3.34. The van der Waals surface area contributed by atoms with Gasteiger partial charge in [-0.2, -0.15) is 0 Å². The van der Waals surface area contributed by atoms with Gasteiger partial charge in [0.2, 0.25) is 0 Å². The van der Waals surface area contributed by atoms with Gasteiger partial charge in [-0.25, -0.2) is 4.98 Å². The number of benzene rings is 5. The largest absolute Gasteiger partial charge is 0.501 e. The summed E-state index contributed by atoms with van der Waals surface area (Å²) in [6.45, 7) is 8.60. The second-order valence-corrected chi connectivity index (χ2v) is 12.8. The van der Waals surface area contributed by atoms with Gasteiger partial charge in [0.25, 0.3) is 0 Å². The van der Waals surface area contributed by atoms with Crippen molar-refractivity contribution in [3.8, 4) is 44.9 Å². The molecule has 0 saturated heterocycles. The van der Waals surface area contributed by atoms with E-state index in [0.717, 1.165) is 72.2 Å². The quantitative estimate of drug-likeness (QED) is 0.166. The molecule has 0 saturated carbocycles. The van der Waals surface area contributed by atoms with E-state index in [-0.39, 0.29) is 20.1 Å². The molecule has 9 aromatic rings. The average molecular weight is 850 g/mol. The maximum Gasteiger partial charge on any atom is 0.120 e. The summed E-state index contributed by atoms with van der Waals surface area (Å²) in [6, 6.07) is 49.6. The number of furan rings is 1. The second kappa shape index (κ2) is 14.9. The molecule has 9 rings (SSSR count). The molecule has 5 heteroatoms. The van der Waals surface area contributed by atoms with Gasteiger partial charge in [0.05, 0.1) is 16.8 Å². The van der Waals surface area contributed by atoms with Crippen LogP contribution in [0.3, 0.4) is 0 Å². The van der Waals surface area contributed by atoms with Crippen LogP contribution < -0.4 is 0 Å². The first kappa shape index (κ1) is 34.7. The van der Waals surface area contributed by atoms with E-state index in [1.54, 1.807) is 6.20 Å². The minimum absolute atomic E-state index is 0. The normalized spacial score (nSPS) is 10.9. The zero-order valence-corrected chi connectivity index (χ0v) is 31.8. The van der Waals surface area contributed by atoms with Gasteiger partial charge in [0.1, 0.15) is 5.58 Å². The number of fused-ring (bicyclic) bond motifs is 4. The molecule has 0 unspecified atom stereocenters. The van der Waals surface area contributed by atoms with Gasteiger partial charge in [-0.05, 0) is 96.7 Å². The van der Waals surface area contributed by atoms with Crippen LogP contribution in [-0.2, 0) is 20.1 Å². The zero-order chi connectivity index (χ0) is 34.9. The van der Waals surface area contributed by atoms with Crippen LogP contribution >= 0.6 is 0 Å². The fraction of sp³-hybridized carbons (Fsp3) is 0.0851. The Morgan fingerprint density at radius 1 is 0.558 bits per heavy atom. The van der Waals surface area contributed by atoms with E-state index in [0.29, 0.717) is 0 Å². The van der Waals surface area contributed by atoms with Crippen LogP contribution in [0.5, 0.6) is 0 Å². The van der Waals surface area contributed by atoms with Crippen molar-refractivity contribution in [3.05, 3.63) is 174 Å². The van der Waals surface area contributed by atoms with Crippen LogP contribution in [0.25, 0.3) is 77.7 Å². The van der Waals surface area contributed by atoms with Gasteiger partial charge in [-0.15, -0.1) is 54.1 Å². The Morgan fingerprint density at radius 3 is 2.15 bits per heavy atom. The molecule has 0 aliphatic carbocycles. The molecule has 0 aliphatic heterocycles. The fourth-order valence-electron chi connectivity index (χ4n) is 6.91. The van der Waals surface area contributed by atoms with Crippen LogP contribution in [0.4, 0.5) is 0 Å². The van der Waals surface area contributed by atoms with Gasteiger partial charge in [0.15, 0.2) is 0 Å². The molecular weight excluding hydrogens is 815 g/mol. The summed E-state index contributed by atoms with van der Waals surface area (Å²) >= 11 is 0. The summed E-state index contributed by atoms with van der Waals surface area (Å²) in [7, 11) is 0. The summed E-state index contributed by atoms with van der Waals surface area (Å²) in [4.78, 5) is 14.1. The number of hydrogen-bond acceptors (Lipinski definition) is 4. The first-order valence-corrected chi connectivity index (χ1v) is 17.1. The van der Waals surface area contributed by atoms with E-state index in [2.05, 4.69) is 105 Å². The summed E-state index contributed by atoms with van der Waals surface area (Å²) in [5.41, 5.74) is 15.8. The third-order valence-corrected chi connectivity index (χ3v) is 9.52. The summed E-state index contributed by atoms with van der Waals surface area (Å²) in [5.74, 6) is 0. The molecule has 4 aromatic heterocycles. The molecule has 0 amide bonds. The predicted molar refractivity (Wildman–Crippen MR) is 209 cm³/mol. The van der Waals surface area contributed by atoms with Crippen molar-refractivity contribution < 1.29 is 24.5 Å². The number of aromatic nitrogens is 3. The molecule has 52 heavy (non-hydrogen) atoms. The monoisotopic (exact) mass is 850 g/mol. The van der Waals surface area contributed by atoms with E-state index in [4.69, 9.17) is 14.4 Å². The number of nitrogens with zero attached hydrogens (tertiary/aromatic N) is 3. The van der Waals surface area contributed by atoms with Gasteiger partial charge in [-0.3, -0.25) is 0 Å². The Bertz CT molecular complexity index is 2630. The van der Waals surface area contributed by atoms with Crippen molar-refractivity contribution in [2.45, 2.75) is 27.7 Å². The van der Waals surface area contributed by atoms with Gasteiger partial charge in [-0.1, -0.05) is 77.7 Å². The molecule has 0 spiro atoms. The Hall–Kier alpha value is -5.74. The van der Waals surface area contributed by atoms with Gasteiger partial charge < -0.3 is 14.4 Å². The molecule has 4 nitrogen and oxygen atoms in total. The molecule has 0 N–H and O–H groups in total. The van der Waals surface area contributed by atoms with Crippen LogP contribution in [0.1, 0.15) is 22.3 Å².